The molecule has 3 N–H and O–H groups in total. The zero-order chi connectivity index (χ0) is 15.4. The van der Waals surface area contributed by atoms with E-state index < -0.39 is 0 Å². The molecular weight excluding hydrogens is 264 g/mol. The number of nitrogens with zero attached hydrogens (tertiary/aromatic N) is 2. The lowest BCUT2D eigenvalue weighted by Gasteiger charge is -2.10. The maximum Gasteiger partial charge on any atom is 0.251 e. The summed E-state index contributed by atoms with van der Waals surface area (Å²) in [7, 11) is 0. The lowest BCUT2D eigenvalue weighted by atomic mass is 10.1. The van der Waals surface area contributed by atoms with Crippen molar-refractivity contribution in [2.75, 3.05) is 13.1 Å². The number of nitrogens with two attached hydrogens (primary N) is 1. The van der Waals surface area contributed by atoms with Gasteiger partial charge in [0, 0.05) is 17.8 Å². The first-order valence-corrected chi connectivity index (χ1v) is 7.13. The quantitative estimate of drug-likeness (QED) is 0.880. The molecule has 1 amide bonds. The molecule has 0 spiro atoms. The molecule has 0 aliphatic rings. The fourth-order valence-corrected chi connectivity index (χ4v) is 2.10. The molecule has 112 valence electrons. The van der Waals surface area contributed by atoms with E-state index in [4.69, 9.17) is 5.73 Å². The largest absolute Gasteiger partial charge is 0.352 e. The fourth-order valence-electron chi connectivity index (χ4n) is 2.10. The van der Waals surface area contributed by atoms with Gasteiger partial charge in [0.1, 0.15) is 0 Å². The Kier molecular flexibility index (Phi) is 4.75. The second kappa shape index (κ2) is 6.54. The number of aryl methyl sites for hydroxylation is 2. The normalized spacial score (nSPS) is 12.2. The van der Waals surface area contributed by atoms with E-state index in [-0.39, 0.29) is 11.8 Å². The molecule has 0 aliphatic heterocycles. The maximum atomic E-state index is 12.0. The monoisotopic (exact) mass is 286 g/mol. The van der Waals surface area contributed by atoms with Crippen LogP contribution in [-0.4, -0.2) is 28.8 Å². The van der Waals surface area contributed by atoms with E-state index in [1.165, 1.54) is 0 Å². The molecule has 1 atom stereocenters. The Labute approximate surface area is 125 Å². The zero-order valence-electron chi connectivity index (χ0n) is 12.8. The van der Waals surface area contributed by atoms with Crippen molar-refractivity contribution >= 4 is 5.91 Å². The van der Waals surface area contributed by atoms with Crippen LogP contribution in [0.15, 0.2) is 30.3 Å². The van der Waals surface area contributed by atoms with Gasteiger partial charge in [-0.05, 0) is 56.6 Å². The number of aromatic nitrogens is 2. The molecule has 5 nitrogen and oxygen atoms in total. The lowest BCUT2D eigenvalue weighted by Crippen LogP contribution is -2.31. The standard InChI is InChI=1S/C16H22N4O/c1-11(9-17)10-18-16(21)14-4-6-15(7-5-14)20-13(3)8-12(2)19-20/h4-8,11H,9-10,17H2,1-3H3,(H,18,21). The minimum atomic E-state index is -0.0739. The molecule has 2 aromatic rings. The third kappa shape index (κ3) is 3.70. The Morgan fingerprint density at radius 3 is 2.52 bits per heavy atom. The van der Waals surface area contributed by atoms with Gasteiger partial charge in [-0.15, -0.1) is 0 Å². The maximum absolute atomic E-state index is 12.0. The van der Waals surface area contributed by atoms with Crippen molar-refractivity contribution in [1.82, 2.24) is 15.1 Å². The number of benzene rings is 1. The van der Waals surface area contributed by atoms with Crippen LogP contribution in [0.4, 0.5) is 0 Å². The number of hydrogen-bond acceptors (Lipinski definition) is 3. The third-order valence-corrected chi connectivity index (χ3v) is 3.40. The average molecular weight is 286 g/mol. The Morgan fingerprint density at radius 1 is 1.33 bits per heavy atom. The molecule has 5 heteroatoms. The third-order valence-electron chi connectivity index (χ3n) is 3.40. The van der Waals surface area contributed by atoms with Crippen LogP contribution in [-0.2, 0) is 0 Å². The van der Waals surface area contributed by atoms with Gasteiger partial charge in [0.15, 0.2) is 0 Å². The second-order valence-corrected chi connectivity index (χ2v) is 5.44. The van der Waals surface area contributed by atoms with Crippen LogP contribution in [0, 0.1) is 19.8 Å². The van der Waals surface area contributed by atoms with E-state index >= 15 is 0 Å². The highest BCUT2D eigenvalue weighted by Crippen LogP contribution is 2.13. The molecule has 0 bridgehead atoms. The number of hydrogen-bond donors (Lipinski definition) is 2. The molecule has 0 radical (unpaired) electrons. The Balaban J connectivity index is 2.08. The number of rotatable bonds is 5. The molecule has 21 heavy (non-hydrogen) atoms. The fraction of sp³-hybridized carbons (Fsp3) is 0.375. The van der Waals surface area contributed by atoms with Crippen LogP contribution < -0.4 is 11.1 Å². The summed E-state index contributed by atoms with van der Waals surface area (Å²) >= 11 is 0. The number of carbonyl (C=O) groups excluding carboxylic acids is 1. The summed E-state index contributed by atoms with van der Waals surface area (Å²) in [5, 5.41) is 7.31. The summed E-state index contributed by atoms with van der Waals surface area (Å²) in [6.07, 6.45) is 0. The van der Waals surface area contributed by atoms with Crippen molar-refractivity contribution in [2.45, 2.75) is 20.8 Å². The van der Waals surface area contributed by atoms with Gasteiger partial charge in [-0.1, -0.05) is 6.92 Å². The van der Waals surface area contributed by atoms with Gasteiger partial charge in [0.25, 0.3) is 5.91 Å². The Morgan fingerprint density at radius 2 is 2.00 bits per heavy atom. The van der Waals surface area contributed by atoms with Gasteiger partial charge in [0.05, 0.1) is 11.4 Å². The van der Waals surface area contributed by atoms with E-state index in [0.29, 0.717) is 18.7 Å². The van der Waals surface area contributed by atoms with Gasteiger partial charge >= 0.3 is 0 Å². The van der Waals surface area contributed by atoms with Gasteiger partial charge in [-0.3, -0.25) is 4.79 Å². The molecule has 1 unspecified atom stereocenters. The van der Waals surface area contributed by atoms with Gasteiger partial charge in [-0.2, -0.15) is 5.10 Å². The van der Waals surface area contributed by atoms with Crippen LogP contribution in [0.1, 0.15) is 28.7 Å². The second-order valence-electron chi connectivity index (χ2n) is 5.44. The minimum absolute atomic E-state index is 0.0739. The highest BCUT2D eigenvalue weighted by Gasteiger charge is 2.08. The predicted molar refractivity (Wildman–Crippen MR) is 83.6 cm³/mol. The lowest BCUT2D eigenvalue weighted by molar-refractivity contribution is 0.0948. The molecule has 2 rings (SSSR count). The molecule has 1 heterocycles. The molecule has 1 aromatic carbocycles. The topological polar surface area (TPSA) is 72.9 Å². The van der Waals surface area contributed by atoms with Crippen molar-refractivity contribution in [2.24, 2.45) is 11.7 Å². The van der Waals surface area contributed by atoms with E-state index in [2.05, 4.69) is 10.4 Å². The zero-order valence-corrected chi connectivity index (χ0v) is 12.8. The smallest absolute Gasteiger partial charge is 0.251 e. The summed E-state index contributed by atoms with van der Waals surface area (Å²) in [4.78, 5) is 12.0. The Hall–Kier alpha value is -2.14. The number of nitrogens with one attached hydrogen (secondary N) is 1. The molecule has 0 fully saturated rings. The summed E-state index contributed by atoms with van der Waals surface area (Å²) in [6.45, 7) is 7.14. The van der Waals surface area contributed by atoms with E-state index in [1.807, 2.05) is 55.8 Å². The van der Waals surface area contributed by atoms with Crippen molar-refractivity contribution in [3.05, 3.63) is 47.3 Å². The minimum Gasteiger partial charge on any atom is -0.352 e. The van der Waals surface area contributed by atoms with Gasteiger partial charge in [-0.25, -0.2) is 4.68 Å². The average Bonchev–Trinajstić information content (AvgIpc) is 2.83. The van der Waals surface area contributed by atoms with Crippen molar-refractivity contribution < 1.29 is 4.79 Å². The first-order chi connectivity index (χ1) is 10.0. The Bertz CT molecular complexity index is 616. The van der Waals surface area contributed by atoms with E-state index in [0.717, 1.165) is 17.1 Å². The van der Waals surface area contributed by atoms with Crippen LogP contribution in [0.5, 0.6) is 0 Å². The molecule has 0 saturated carbocycles. The van der Waals surface area contributed by atoms with Crippen LogP contribution in [0.3, 0.4) is 0 Å². The van der Waals surface area contributed by atoms with E-state index in [1.54, 1.807) is 0 Å². The summed E-state index contributed by atoms with van der Waals surface area (Å²) in [6, 6.07) is 9.46. The molecule has 0 aliphatic carbocycles. The van der Waals surface area contributed by atoms with Crippen LogP contribution >= 0.6 is 0 Å². The summed E-state index contributed by atoms with van der Waals surface area (Å²) in [5.74, 6) is 0.207. The highest BCUT2D eigenvalue weighted by molar-refractivity contribution is 5.94. The number of amides is 1. The summed E-state index contributed by atoms with van der Waals surface area (Å²) in [5.41, 5.74) is 9.18. The number of carbonyl (C=O) groups is 1. The van der Waals surface area contributed by atoms with Crippen LogP contribution in [0.25, 0.3) is 5.69 Å². The summed E-state index contributed by atoms with van der Waals surface area (Å²) < 4.78 is 1.87. The molecule has 1 aromatic heterocycles. The molecule has 0 saturated heterocycles. The first kappa shape index (κ1) is 15.3. The SMILES string of the molecule is Cc1cc(C)n(-c2ccc(C(=O)NCC(C)CN)cc2)n1. The van der Waals surface area contributed by atoms with Crippen LogP contribution in [0.2, 0.25) is 0 Å². The first-order valence-electron chi connectivity index (χ1n) is 7.13. The van der Waals surface area contributed by atoms with Crippen molar-refractivity contribution in [1.29, 1.82) is 0 Å². The van der Waals surface area contributed by atoms with Crippen molar-refractivity contribution in [3.8, 4) is 5.69 Å². The van der Waals surface area contributed by atoms with Gasteiger partial charge in [0.2, 0.25) is 0 Å². The van der Waals surface area contributed by atoms with Crippen molar-refractivity contribution in [3.63, 3.8) is 0 Å². The van der Waals surface area contributed by atoms with Gasteiger partial charge < -0.3 is 11.1 Å². The highest BCUT2D eigenvalue weighted by atomic mass is 16.1. The predicted octanol–water partition coefficient (Wildman–Crippen LogP) is 1.81. The van der Waals surface area contributed by atoms with E-state index in [9.17, 15) is 4.79 Å². The molecular formula is C16H22N4O.